The van der Waals surface area contributed by atoms with E-state index in [2.05, 4.69) is 25.5 Å². The number of urea groups is 1. The van der Waals surface area contributed by atoms with Crippen LogP contribution in [0.15, 0.2) is 79.5 Å². The first kappa shape index (κ1) is 28.4. The van der Waals surface area contributed by atoms with Gasteiger partial charge in [0.2, 0.25) is 11.9 Å². The molecule has 0 saturated carbocycles. The molecular formula is C30H34N8O4. The number of aromatic nitrogens is 4. The van der Waals surface area contributed by atoms with Crippen LogP contribution in [0.1, 0.15) is 12.0 Å². The fourth-order valence-electron chi connectivity index (χ4n) is 4.67. The summed E-state index contributed by atoms with van der Waals surface area (Å²) in [6.45, 7) is 4.00. The lowest BCUT2D eigenvalue weighted by Gasteiger charge is -2.41. The van der Waals surface area contributed by atoms with E-state index in [9.17, 15) is 9.59 Å². The van der Waals surface area contributed by atoms with E-state index < -0.39 is 0 Å². The van der Waals surface area contributed by atoms with Crippen LogP contribution in [0, 0.1) is 6.92 Å². The summed E-state index contributed by atoms with van der Waals surface area (Å²) in [6.07, 6.45) is 6.90. The van der Waals surface area contributed by atoms with Gasteiger partial charge in [0, 0.05) is 50.3 Å². The maximum absolute atomic E-state index is 13.2. The largest absolute Gasteiger partial charge is 0.497 e. The second-order valence-electron chi connectivity index (χ2n) is 9.85. The monoisotopic (exact) mass is 570 g/mol. The number of rotatable bonds is 10. The molecule has 1 aliphatic heterocycles. The summed E-state index contributed by atoms with van der Waals surface area (Å²) in [4.78, 5) is 43.2. The van der Waals surface area contributed by atoms with Crippen LogP contribution in [0.25, 0.3) is 5.95 Å². The average Bonchev–Trinajstić information content (AvgIpc) is 3.56. The summed E-state index contributed by atoms with van der Waals surface area (Å²) in [5.74, 6) is 2.46. The van der Waals surface area contributed by atoms with Gasteiger partial charge in [-0.1, -0.05) is 17.7 Å². The van der Waals surface area contributed by atoms with Gasteiger partial charge >= 0.3 is 6.03 Å². The lowest BCUT2D eigenvalue weighted by atomic mass is 10.1. The minimum atomic E-state index is -0.316. The van der Waals surface area contributed by atoms with Gasteiger partial charge in [0.05, 0.1) is 19.7 Å². The zero-order valence-electron chi connectivity index (χ0n) is 23.6. The highest BCUT2D eigenvalue weighted by Gasteiger charge is 2.32. The highest BCUT2D eigenvalue weighted by Crippen LogP contribution is 2.23. The Morgan fingerprint density at radius 2 is 1.79 bits per heavy atom. The van der Waals surface area contributed by atoms with Crippen molar-refractivity contribution in [1.29, 1.82) is 0 Å². The lowest BCUT2D eigenvalue weighted by Crippen LogP contribution is -2.57. The van der Waals surface area contributed by atoms with E-state index in [4.69, 9.17) is 14.5 Å². The first-order chi connectivity index (χ1) is 20.5. The number of ether oxygens (including phenoxy) is 2. The molecule has 2 N–H and O–H groups in total. The number of anilines is 2. The zero-order chi connectivity index (χ0) is 29.3. The van der Waals surface area contributed by atoms with Crippen molar-refractivity contribution in [2.75, 3.05) is 50.1 Å². The van der Waals surface area contributed by atoms with Crippen LogP contribution in [0.2, 0.25) is 0 Å². The first-order valence-corrected chi connectivity index (χ1v) is 13.7. The van der Waals surface area contributed by atoms with Gasteiger partial charge in [-0.25, -0.2) is 14.8 Å². The molecule has 0 spiro atoms. The Hall–Kier alpha value is -5.13. The number of aryl methyl sites for hydroxylation is 1. The molecule has 12 heteroatoms. The van der Waals surface area contributed by atoms with Gasteiger partial charge < -0.3 is 29.9 Å². The van der Waals surface area contributed by atoms with E-state index in [0.717, 1.165) is 11.3 Å². The molecule has 2 aromatic heterocycles. The Morgan fingerprint density at radius 1 is 1.00 bits per heavy atom. The van der Waals surface area contributed by atoms with Gasteiger partial charge in [-0.2, -0.15) is 4.98 Å². The normalized spacial score (nSPS) is 14.8. The fourth-order valence-corrected chi connectivity index (χ4v) is 4.67. The third-order valence-corrected chi connectivity index (χ3v) is 6.90. The standard InChI is InChI=1S/C30H34N8O4/c1-22-3-7-26(8-4-22)42-18-14-32-28(39)19-24-20-36(30(40)34-23-5-9-25(41-2)10-6-23)16-17-38(24)27-11-12-33-29(35-27)37-15-13-31-21-37/h3-13,15,21,24H,14,16-20H2,1-2H3,(H,32,39)(H,34,40). The molecule has 5 rings (SSSR count). The van der Waals surface area contributed by atoms with Gasteiger partial charge in [0.15, 0.2) is 0 Å². The van der Waals surface area contributed by atoms with Crippen molar-refractivity contribution >= 4 is 23.4 Å². The molecule has 3 heterocycles. The zero-order valence-corrected chi connectivity index (χ0v) is 23.6. The third-order valence-electron chi connectivity index (χ3n) is 6.90. The minimum absolute atomic E-state index is 0.140. The maximum atomic E-state index is 13.2. The second-order valence-corrected chi connectivity index (χ2v) is 9.85. The topological polar surface area (TPSA) is 127 Å². The van der Waals surface area contributed by atoms with Crippen molar-refractivity contribution < 1.29 is 19.1 Å². The smallest absolute Gasteiger partial charge is 0.321 e. The number of amides is 3. The second kappa shape index (κ2) is 13.5. The predicted molar refractivity (Wildman–Crippen MR) is 158 cm³/mol. The number of imidazole rings is 1. The molecule has 1 unspecified atom stereocenters. The van der Waals surface area contributed by atoms with Crippen LogP contribution < -0.4 is 25.0 Å². The van der Waals surface area contributed by atoms with Crippen LogP contribution in [0.4, 0.5) is 16.3 Å². The van der Waals surface area contributed by atoms with E-state index in [1.165, 1.54) is 0 Å². The molecule has 1 atom stereocenters. The summed E-state index contributed by atoms with van der Waals surface area (Å²) in [7, 11) is 1.59. The molecule has 42 heavy (non-hydrogen) atoms. The number of nitrogens with one attached hydrogen (secondary N) is 2. The Bertz CT molecular complexity index is 1460. The van der Waals surface area contributed by atoms with Gasteiger partial charge in [-0.3, -0.25) is 9.36 Å². The molecule has 3 amide bonds. The highest BCUT2D eigenvalue weighted by atomic mass is 16.5. The predicted octanol–water partition coefficient (Wildman–Crippen LogP) is 3.29. The number of hydrogen-bond donors (Lipinski definition) is 2. The summed E-state index contributed by atoms with van der Waals surface area (Å²) >= 11 is 0. The number of nitrogens with zero attached hydrogens (tertiary/aromatic N) is 6. The summed E-state index contributed by atoms with van der Waals surface area (Å²) in [5.41, 5.74) is 1.81. The van der Waals surface area contributed by atoms with E-state index in [1.54, 1.807) is 65.8 Å². The number of piperazine rings is 1. The number of carbonyl (C=O) groups excluding carboxylic acids is 2. The number of carbonyl (C=O) groups is 2. The fraction of sp³-hybridized carbons (Fsp3) is 0.300. The van der Waals surface area contributed by atoms with E-state index in [0.29, 0.717) is 56.0 Å². The van der Waals surface area contributed by atoms with Crippen molar-refractivity contribution in [2.45, 2.75) is 19.4 Å². The number of hydrogen-bond acceptors (Lipinski definition) is 8. The van der Waals surface area contributed by atoms with Gasteiger partial charge in [-0.05, 0) is 49.4 Å². The van der Waals surface area contributed by atoms with Crippen LogP contribution >= 0.6 is 0 Å². The van der Waals surface area contributed by atoms with Gasteiger partial charge in [-0.15, -0.1) is 0 Å². The van der Waals surface area contributed by atoms with E-state index in [-0.39, 0.29) is 24.4 Å². The average molecular weight is 571 g/mol. The summed E-state index contributed by atoms with van der Waals surface area (Å²) in [5, 5.41) is 5.89. The molecule has 1 aliphatic rings. The van der Waals surface area contributed by atoms with Crippen LogP contribution in [-0.4, -0.2) is 82.3 Å². The molecule has 1 saturated heterocycles. The molecule has 12 nitrogen and oxygen atoms in total. The molecule has 0 aliphatic carbocycles. The van der Waals surface area contributed by atoms with E-state index >= 15 is 0 Å². The van der Waals surface area contributed by atoms with Crippen LogP contribution in [0.5, 0.6) is 11.5 Å². The lowest BCUT2D eigenvalue weighted by molar-refractivity contribution is -0.121. The molecule has 2 aromatic carbocycles. The molecule has 1 fully saturated rings. The Balaban J connectivity index is 1.25. The van der Waals surface area contributed by atoms with Crippen molar-refractivity contribution in [3.05, 3.63) is 85.1 Å². The van der Waals surface area contributed by atoms with Gasteiger partial charge in [0.25, 0.3) is 0 Å². The molecule has 218 valence electrons. The van der Waals surface area contributed by atoms with Crippen molar-refractivity contribution in [2.24, 2.45) is 0 Å². The Labute approximate surface area is 244 Å². The van der Waals surface area contributed by atoms with E-state index in [1.807, 2.05) is 37.3 Å². The Morgan fingerprint density at radius 3 is 2.52 bits per heavy atom. The van der Waals surface area contributed by atoms with Crippen molar-refractivity contribution in [1.82, 2.24) is 29.7 Å². The Kier molecular flexibility index (Phi) is 9.12. The molecule has 0 bridgehead atoms. The SMILES string of the molecule is COc1ccc(NC(=O)N2CCN(c3ccnc(-n4ccnc4)n3)C(CC(=O)NCCOc3ccc(C)cc3)C2)cc1. The molecule has 4 aromatic rings. The highest BCUT2D eigenvalue weighted by molar-refractivity contribution is 5.89. The molecule has 0 radical (unpaired) electrons. The summed E-state index contributed by atoms with van der Waals surface area (Å²) < 4.78 is 12.7. The van der Waals surface area contributed by atoms with Crippen molar-refractivity contribution in [3.63, 3.8) is 0 Å². The van der Waals surface area contributed by atoms with Gasteiger partial charge in [0.1, 0.15) is 30.3 Å². The number of benzene rings is 2. The number of methoxy groups -OCH3 is 1. The first-order valence-electron chi connectivity index (χ1n) is 13.7. The summed E-state index contributed by atoms with van der Waals surface area (Å²) in [6, 6.07) is 16.2. The minimum Gasteiger partial charge on any atom is -0.497 e. The maximum Gasteiger partial charge on any atom is 0.321 e. The van der Waals surface area contributed by atoms with Crippen LogP contribution in [-0.2, 0) is 4.79 Å². The quantitative estimate of drug-likeness (QED) is 0.278. The molecular weight excluding hydrogens is 536 g/mol. The van der Waals surface area contributed by atoms with Crippen LogP contribution in [0.3, 0.4) is 0 Å². The third kappa shape index (κ3) is 7.33. The van der Waals surface area contributed by atoms with Crippen molar-refractivity contribution in [3.8, 4) is 17.4 Å².